The van der Waals surface area contributed by atoms with Crippen molar-refractivity contribution in [3.05, 3.63) is 90.3 Å². The Balaban J connectivity index is 1.70. The minimum absolute atomic E-state index is 0.00568. The third-order valence-corrected chi connectivity index (χ3v) is 7.12. The Morgan fingerprint density at radius 2 is 1.66 bits per heavy atom. The number of benzene rings is 3. The third kappa shape index (κ3) is 5.49. The minimum Gasteiger partial charge on any atom is -0.497 e. The molecule has 0 saturated carbocycles. The van der Waals surface area contributed by atoms with Crippen molar-refractivity contribution in [3.8, 4) is 23.0 Å². The van der Waals surface area contributed by atoms with Crippen molar-refractivity contribution in [1.82, 2.24) is 4.98 Å². The minimum atomic E-state index is -3.89. The number of anilines is 1. The van der Waals surface area contributed by atoms with E-state index in [4.69, 9.17) is 13.9 Å². The zero-order valence-corrected chi connectivity index (χ0v) is 21.0. The fourth-order valence-corrected chi connectivity index (χ4v) is 5.02. The number of oxazole rings is 1. The lowest BCUT2D eigenvalue weighted by atomic mass is 10.2. The maximum atomic E-state index is 13.7. The molecule has 1 heterocycles. The van der Waals surface area contributed by atoms with Crippen LogP contribution in [0.25, 0.3) is 11.5 Å². The van der Waals surface area contributed by atoms with Gasteiger partial charge in [0, 0.05) is 11.6 Å². The summed E-state index contributed by atoms with van der Waals surface area (Å²) in [5, 5.41) is 0. The number of hydrogen-bond donors (Lipinski definition) is 0. The van der Waals surface area contributed by atoms with Gasteiger partial charge in [0.1, 0.15) is 23.0 Å². The highest BCUT2D eigenvalue weighted by atomic mass is 32.2. The van der Waals surface area contributed by atoms with Crippen LogP contribution in [-0.4, -0.2) is 26.6 Å². The Kier molecular flexibility index (Phi) is 7.12. The molecule has 0 unspecified atom stereocenters. The van der Waals surface area contributed by atoms with E-state index in [0.717, 1.165) is 11.3 Å². The average molecular weight is 493 g/mol. The molecule has 8 heteroatoms. The topological polar surface area (TPSA) is 81.9 Å². The number of aryl methyl sites for hydroxylation is 1. The van der Waals surface area contributed by atoms with Gasteiger partial charge in [0.05, 0.1) is 30.3 Å². The molecular formula is C27H28N2O5S. The van der Waals surface area contributed by atoms with Crippen molar-refractivity contribution >= 4 is 15.7 Å². The highest BCUT2D eigenvalue weighted by molar-refractivity contribution is 7.92. The molecule has 35 heavy (non-hydrogen) atoms. The van der Waals surface area contributed by atoms with Crippen LogP contribution in [0.4, 0.5) is 5.69 Å². The Bertz CT molecular complexity index is 1380. The molecule has 0 saturated heterocycles. The first kappa shape index (κ1) is 24.3. The van der Waals surface area contributed by atoms with E-state index in [1.165, 1.54) is 4.31 Å². The van der Waals surface area contributed by atoms with Crippen molar-refractivity contribution < 1.29 is 22.3 Å². The van der Waals surface area contributed by atoms with E-state index < -0.39 is 10.0 Å². The first-order valence-electron chi connectivity index (χ1n) is 11.2. The largest absolute Gasteiger partial charge is 0.497 e. The van der Waals surface area contributed by atoms with E-state index in [9.17, 15) is 8.42 Å². The van der Waals surface area contributed by atoms with Gasteiger partial charge < -0.3 is 13.9 Å². The number of aromatic nitrogens is 1. The molecule has 0 amide bonds. The maximum absolute atomic E-state index is 13.7. The Morgan fingerprint density at radius 1 is 0.943 bits per heavy atom. The van der Waals surface area contributed by atoms with Gasteiger partial charge in [0.15, 0.2) is 0 Å². The molecule has 0 N–H and O–H groups in total. The highest BCUT2D eigenvalue weighted by Gasteiger charge is 2.27. The zero-order chi connectivity index (χ0) is 25.0. The summed E-state index contributed by atoms with van der Waals surface area (Å²) >= 11 is 0. The second-order valence-electron chi connectivity index (χ2n) is 8.24. The van der Waals surface area contributed by atoms with Crippen LogP contribution in [0.5, 0.6) is 11.5 Å². The molecule has 0 spiro atoms. The van der Waals surface area contributed by atoms with Gasteiger partial charge in [-0.15, -0.1) is 0 Å². The number of sulfonamides is 1. The molecular weight excluding hydrogens is 464 g/mol. The van der Waals surface area contributed by atoms with Crippen LogP contribution < -0.4 is 13.8 Å². The molecule has 0 fully saturated rings. The van der Waals surface area contributed by atoms with Gasteiger partial charge in [0.2, 0.25) is 5.89 Å². The Hall–Kier alpha value is -3.78. The van der Waals surface area contributed by atoms with Crippen molar-refractivity contribution in [3.63, 3.8) is 0 Å². The summed E-state index contributed by atoms with van der Waals surface area (Å²) in [6.45, 7) is 5.71. The first-order valence-corrected chi connectivity index (χ1v) is 12.7. The zero-order valence-electron chi connectivity index (χ0n) is 20.1. The van der Waals surface area contributed by atoms with Crippen LogP contribution >= 0.6 is 0 Å². The van der Waals surface area contributed by atoms with E-state index >= 15 is 0 Å². The maximum Gasteiger partial charge on any atom is 0.264 e. The summed E-state index contributed by atoms with van der Waals surface area (Å²) in [6.07, 6.45) is 0.0746. The number of methoxy groups -OCH3 is 1. The van der Waals surface area contributed by atoms with Crippen LogP contribution in [0.3, 0.4) is 0 Å². The molecule has 3 aromatic carbocycles. The number of rotatable bonds is 9. The summed E-state index contributed by atoms with van der Waals surface area (Å²) in [7, 11) is -2.34. The van der Waals surface area contributed by atoms with Gasteiger partial charge in [-0.05, 0) is 69.3 Å². The van der Waals surface area contributed by atoms with Crippen molar-refractivity contribution in [2.24, 2.45) is 0 Å². The molecule has 182 valence electrons. The van der Waals surface area contributed by atoms with Gasteiger partial charge in [-0.25, -0.2) is 13.4 Å². The summed E-state index contributed by atoms with van der Waals surface area (Å²) in [5.41, 5.74) is 1.76. The lowest BCUT2D eigenvalue weighted by molar-refractivity contribution is 0.242. The van der Waals surface area contributed by atoms with Crippen LogP contribution in [0, 0.1) is 6.92 Å². The first-order chi connectivity index (χ1) is 16.8. The Morgan fingerprint density at radius 3 is 2.31 bits per heavy atom. The molecule has 0 bridgehead atoms. The van der Waals surface area contributed by atoms with Gasteiger partial charge in [-0.3, -0.25) is 4.31 Å². The molecule has 0 aliphatic rings. The lowest BCUT2D eigenvalue weighted by Gasteiger charge is -2.24. The van der Waals surface area contributed by atoms with Crippen LogP contribution in [0.15, 0.2) is 88.2 Å². The van der Waals surface area contributed by atoms with Gasteiger partial charge in [-0.2, -0.15) is 0 Å². The predicted octanol–water partition coefficient (Wildman–Crippen LogP) is 5.84. The van der Waals surface area contributed by atoms with E-state index in [2.05, 4.69) is 4.98 Å². The molecule has 1 aromatic heterocycles. The summed E-state index contributed by atoms with van der Waals surface area (Å²) < 4.78 is 45.6. The number of hydrogen-bond acceptors (Lipinski definition) is 6. The average Bonchev–Trinajstić information content (AvgIpc) is 3.23. The molecule has 7 nitrogen and oxygen atoms in total. The predicted molar refractivity (Wildman–Crippen MR) is 135 cm³/mol. The third-order valence-electron chi connectivity index (χ3n) is 5.33. The molecule has 0 radical (unpaired) electrons. The smallest absolute Gasteiger partial charge is 0.264 e. The standard InChI is InChI=1S/C27H28N2O5S/c1-19(2)33-23-15-13-21(14-16-23)27-28-26(20(3)34-27)18-29(22-9-8-10-24(17-22)32-4)35(30,31)25-11-6-5-7-12-25/h5-17,19H,18H2,1-4H3. The molecule has 4 rings (SSSR count). The highest BCUT2D eigenvalue weighted by Crippen LogP contribution is 2.31. The molecule has 4 aromatic rings. The quantitative estimate of drug-likeness (QED) is 0.292. The van der Waals surface area contributed by atoms with E-state index in [-0.39, 0.29) is 17.5 Å². The van der Waals surface area contributed by atoms with Crippen LogP contribution in [0.1, 0.15) is 25.3 Å². The van der Waals surface area contributed by atoms with Gasteiger partial charge in [0.25, 0.3) is 10.0 Å². The second kappa shape index (κ2) is 10.2. The monoisotopic (exact) mass is 492 g/mol. The molecule has 0 aliphatic carbocycles. The van der Waals surface area contributed by atoms with E-state index in [1.54, 1.807) is 68.6 Å². The summed E-state index contributed by atoms with van der Waals surface area (Å²) in [6, 6.07) is 22.7. The SMILES string of the molecule is COc1cccc(N(Cc2nc(-c3ccc(OC(C)C)cc3)oc2C)S(=O)(=O)c2ccccc2)c1. The number of nitrogens with zero attached hydrogens (tertiary/aromatic N) is 2. The van der Waals surface area contributed by atoms with Crippen molar-refractivity contribution in [2.75, 3.05) is 11.4 Å². The van der Waals surface area contributed by atoms with E-state index in [0.29, 0.717) is 28.8 Å². The molecule has 0 atom stereocenters. The number of ether oxygens (including phenoxy) is 2. The van der Waals surface area contributed by atoms with Crippen LogP contribution in [-0.2, 0) is 16.6 Å². The summed E-state index contributed by atoms with van der Waals surface area (Å²) in [5.74, 6) is 2.26. The van der Waals surface area contributed by atoms with Gasteiger partial charge in [-0.1, -0.05) is 24.3 Å². The Labute approximate surface area is 206 Å². The van der Waals surface area contributed by atoms with Crippen molar-refractivity contribution in [1.29, 1.82) is 0 Å². The van der Waals surface area contributed by atoms with Crippen molar-refractivity contribution in [2.45, 2.75) is 38.3 Å². The fourth-order valence-electron chi connectivity index (χ4n) is 3.58. The van der Waals surface area contributed by atoms with Gasteiger partial charge >= 0.3 is 0 Å². The molecule has 0 aliphatic heterocycles. The summed E-state index contributed by atoms with van der Waals surface area (Å²) in [4.78, 5) is 4.83. The normalized spacial score (nSPS) is 11.5. The van der Waals surface area contributed by atoms with Crippen LogP contribution in [0.2, 0.25) is 0 Å². The lowest BCUT2D eigenvalue weighted by Crippen LogP contribution is -2.31. The van der Waals surface area contributed by atoms with E-state index in [1.807, 2.05) is 38.1 Å². The second-order valence-corrected chi connectivity index (χ2v) is 10.1. The fraction of sp³-hybridized carbons (Fsp3) is 0.222.